The SMILES string of the molecule is N#Cc1ccc(NC2CCC(=O)NC2=O)c([N+](=O)[O-])c1. The number of piperidine rings is 1. The fourth-order valence-electron chi connectivity index (χ4n) is 1.89. The van der Waals surface area contributed by atoms with E-state index in [1.807, 2.05) is 6.07 Å². The van der Waals surface area contributed by atoms with Gasteiger partial charge in [0, 0.05) is 12.5 Å². The first-order valence-electron chi connectivity index (χ1n) is 5.80. The molecule has 2 rings (SSSR count). The second-order valence-electron chi connectivity index (χ2n) is 4.25. The third kappa shape index (κ3) is 2.72. The highest BCUT2D eigenvalue weighted by molar-refractivity contribution is 6.01. The van der Waals surface area contributed by atoms with Gasteiger partial charge in [0.1, 0.15) is 11.7 Å². The highest BCUT2D eigenvalue weighted by Gasteiger charge is 2.28. The molecule has 8 heteroatoms. The standard InChI is InChI=1S/C12H10N4O4/c13-6-7-1-2-8(10(5-7)16(19)20)14-9-3-4-11(17)15-12(9)18/h1-2,5,9,14H,3-4H2,(H,15,17,18). The second kappa shape index (κ2) is 5.36. The zero-order chi connectivity index (χ0) is 14.7. The number of rotatable bonds is 3. The lowest BCUT2D eigenvalue weighted by Crippen LogP contribution is -2.47. The zero-order valence-electron chi connectivity index (χ0n) is 10.3. The van der Waals surface area contributed by atoms with E-state index in [1.54, 1.807) is 0 Å². The van der Waals surface area contributed by atoms with Crippen molar-refractivity contribution in [3.63, 3.8) is 0 Å². The summed E-state index contributed by atoms with van der Waals surface area (Å²) in [6.45, 7) is 0. The van der Waals surface area contributed by atoms with Crippen LogP contribution in [0.3, 0.4) is 0 Å². The van der Waals surface area contributed by atoms with Crippen LogP contribution in [-0.4, -0.2) is 22.8 Å². The number of hydrogen-bond donors (Lipinski definition) is 2. The van der Waals surface area contributed by atoms with Gasteiger partial charge in [-0.05, 0) is 18.6 Å². The third-order valence-electron chi connectivity index (χ3n) is 2.89. The molecule has 1 unspecified atom stereocenters. The highest BCUT2D eigenvalue weighted by atomic mass is 16.6. The summed E-state index contributed by atoms with van der Waals surface area (Å²) >= 11 is 0. The van der Waals surface area contributed by atoms with Gasteiger partial charge in [-0.25, -0.2) is 0 Å². The van der Waals surface area contributed by atoms with Gasteiger partial charge in [0.2, 0.25) is 11.8 Å². The Labute approximate surface area is 113 Å². The summed E-state index contributed by atoms with van der Waals surface area (Å²) in [5.74, 6) is -0.873. The van der Waals surface area contributed by atoms with Crippen LogP contribution in [0.25, 0.3) is 0 Å². The number of anilines is 1. The number of benzene rings is 1. The Morgan fingerprint density at radius 2 is 2.20 bits per heavy atom. The Bertz CT molecular complexity index is 635. The van der Waals surface area contributed by atoms with Crippen molar-refractivity contribution >= 4 is 23.2 Å². The van der Waals surface area contributed by atoms with E-state index >= 15 is 0 Å². The van der Waals surface area contributed by atoms with E-state index in [-0.39, 0.29) is 35.7 Å². The van der Waals surface area contributed by atoms with E-state index in [4.69, 9.17) is 5.26 Å². The number of nitro benzene ring substituents is 1. The molecule has 0 spiro atoms. The Hall–Kier alpha value is -2.95. The lowest BCUT2D eigenvalue weighted by Gasteiger charge is -2.22. The number of carbonyl (C=O) groups excluding carboxylic acids is 2. The molecular formula is C12H10N4O4. The summed E-state index contributed by atoms with van der Waals surface area (Å²) in [5.41, 5.74) is 0.0165. The Morgan fingerprint density at radius 1 is 1.45 bits per heavy atom. The Morgan fingerprint density at radius 3 is 2.80 bits per heavy atom. The van der Waals surface area contributed by atoms with Crippen LogP contribution < -0.4 is 10.6 Å². The summed E-state index contributed by atoms with van der Waals surface area (Å²) in [6.07, 6.45) is 0.440. The van der Waals surface area contributed by atoms with E-state index in [0.29, 0.717) is 0 Å². The molecule has 1 saturated heterocycles. The van der Waals surface area contributed by atoms with Gasteiger partial charge in [-0.15, -0.1) is 0 Å². The minimum absolute atomic E-state index is 0.142. The van der Waals surface area contributed by atoms with Gasteiger partial charge in [-0.1, -0.05) is 0 Å². The van der Waals surface area contributed by atoms with Gasteiger partial charge in [0.05, 0.1) is 16.6 Å². The summed E-state index contributed by atoms with van der Waals surface area (Å²) in [4.78, 5) is 33.0. The molecule has 0 aliphatic carbocycles. The lowest BCUT2D eigenvalue weighted by atomic mass is 10.1. The second-order valence-corrected chi connectivity index (χ2v) is 4.25. The van der Waals surface area contributed by atoms with E-state index in [1.165, 1.54) is 12.1 Å². The molecule has 1 heterocycles. The Balaban J connectivity index is 2.25. The smallest absolute Gasteiger partial charge is 0.293 e. The van der Waals surface area contributed by atoms with Crippen LogP contribution in [0.5, 0.6) is 0 Å². The van der Waals surface area contributed by atoms with E-state index in [9.17, 15) is 19.7 Å². The van der Waals surface area contributed by atoms with Crippen LogP contribution in [0.15, 0.2) is 18.2 Å². The molecule has 20 heavy (non-hydrogen) atoms. The maximum absolute atomic E-state index is 11.6. The average Bonchev–Trinajstić information content (AvgIpc) is 2.42. The van der Waals surface area contributed by atoms with Crippen molar-refractivity contribution < 1.29 is 14.5 Å². The molecular weight excluding hydrogens is 264 g/mol. The number of nitriles is 1. The molecule has 0 radical (unpaired) electrons. The van der Waals surface area contributed by atoms with Crippen LogP contribution in [-0.2, 0) is 9.59 Å². The van der Waals surface area contributed by atoms with Gasteiger partial charge in [0.15, 0.2) is 0 Å². The van der Waals surface area contributed by atoms with Crippen LogP contribution in [0, 0.1) is 21.4 Å². The van der Waals surface area contributed by atoms with E-state index in [0.717, 1.165) is 6.07 Å². The molecule has 8 nitrogen and oxygen atoms in total. The van der Waals surface area contributed by atoms with Gasteiger partial charge in [0.25, 0.3) is 5.69 Å². The number of carbonyl (C=O) groups is 2. The summed E-state index contributed by atoms with van der Waals surface area (Å²) in [5, 5.41) is 24.6. The fraction of sp³-hybridized carbons (Fsp3) is 0.250. The maximum Gasteiger partial charge on any atom is 0.293 e. The highest BCUT2D eigenvalue weighted by Crippen LogP contribution is 2.27. The first kappa shape index (κ1) is 13.5. The zero-order valence-corrected chi connectivity index (χ0v) is 10.3. The molecule has 2 amide bonds. The molecule has 1 aromatic carbocycles. The van der Waals surface area contributed by atoms with Gasteiger partial charge in [-0.3, -0.25) is 25.0 Å². The predicted molar refractivity (Wildman–Crippen MR) is 67.6 cm³/mol. The molecule has 0 bridgehead atoms. The summed E-state index contributed by atoms with van der Waals surface area (Å²) in [6, 6.07) is 5.03. The minimum Gasteiger partial charge on any atom is -0.368 e. The van der Waals surface area contributed by atoms with Crippen molar-refractivity contribution in [1.82, 2.24) is 5.32 Å². The van der Waals surface area contributed by atoms with Crippen LogP contribution in [0.1, 0.15) is 18.4 Å². The topological polar surface area (TPSA) is 125 Å². The predicted octanol–water partition coefficient (Wildman–Crippen LogP) is 0.684. The summed E-state index contributed by atoms with van der Waals surface area (Å²) < 4.78 is 0. The van der Waals surface area contributed by atoms with Gasteiger partial charge >= 0.3 is 0 Å². The maximum atomic E-state index is 11.6. The average molecular weight is 274 g/mol. The van der Waals surface area contributed by atoms with Crippen LogP contribution >= 0.6 is 0 Å². The lowest BCUT2D eigenvalue weighted by molar-refractivity contribution is -0.384. The molecule has 1 aliphatic heterocycles. The van der Waals surface area contributed by atoms with E-state index < -0.39 is 16.9 Å². The third-order valence-corrected chi connectivity index (χ3v) is 2.89. The molecule has 1 atom stereocenters. The van der Waals surface area contributed by atoms with Crippen molar-refractivity contribution in [2.24, 2.45) is 0 Å². The number of hydrogen-bond acceptors (Lipinski definition) is 6. The molecule has 1 fully saturated rings. The van der Waals surface area contributed by atoms with Crippen LogP contribution in [0.2, 0.25) is 0 Å². The minimum atomic E-state index is -0.709. The largest absolute Gasteiger partial charge is 0.368 e. The van der Waals surface area contributed by atoms with Crippen LogP contribution in [0.4, 0.5) is 11.4 Å². The van der Waals surface area contributed by atoms with E-state index in [2.05, 4.69) is 10.6 Å². The number of nitrogens with zero attached hydrogens (tertiary/aromatic N) is 2. The van der Waals surface area contributed by atoms with Crippen molar-refractivity contribution in [3.8, 4) is 6.07 Å². The first-order chi connectivity index (χ1) is 9.51. The van der Waals surface area contributed by atoms with Gasteiger partial charge in [-0.2, -0.15) is 5.26 Å². The molecule has 0 saturated carbocycles. The normalized spacial score (nSPS) is 18.1. The number of amides is 2. The monoisotopic (exact) mass is 274 g/mol. The van der Waals surface area contributed by atoms with Crippen molar-refractivity contribution in [2.45, 2.75) is 18.9 Å². The Kier molecular flexibility index (Phi) is 3.61. The van der Waals surface area contributed by atoms with Crippen molar-refractivity contribution in [2.75, 3.05) is 5.32 Å². The molecule has 102 valence electrons. The van der Waals surface area contributed by atoms with Crippen molar-refractivity contribution in [3.05, 3.63) is 33.9 Å². The number of imide groups is 1. The summed E-state index contributed by atoms with van der Waals surface area (Å²) in [7, 11) is 0. The number of nitrogens with one attached hydrogen (secondary N) is 2. The number of nitro groups is 1. The fourth-order valence-corrected chi connectivity index (χ4v) is 1.89. The molecule has 1 aromatic rings. The van der Waals surface area contributed by atoms with Crippen molar-refractivity contribution in [1.29, 1.82) is 5.26 Å². The molecule has 2 N–H and O–H groups in total. The quantitative estimate of drug-likeness (QED) is 0.474. The molecule has 0 aromatic heterocycles. The molecule has 1 aliphatic rings. The first-order valence-corrected chi connectivity index (χ1v) is 5.80. The van der Waals surface area contributed by atoms with Gasteiger partial charge < -0.3 is 5.32 Å².